The van der Waals surface area contributed by atoms with Gasteiger partial charge < -0.3 is 10.6 Å². The average Bonchev–Trinajstić information content (AvgIpc) is 3.34. The summed E-state index contributed by atoms with van der Waals surface area (Å²) in [5.41, 5.74) is 6.73. The summed E-state index contributed by atoms with van der Waals surface area (Å²) in [6.07, 6.45) is 6.82. The van der Waals surface area contributed by atoms with Gasteiger partial charge in [0, 0.05) is 42.6 Å². The Hall–Kier alpha value is -4.13. The van der Waals surface area contributed by atoms with E-state index in [1.165, 1.54) is 5.56 Å². The fourth-order valence-electron chi connectivity index (χ4n) is 4.51. The fourth-order valence-corrected chi connectivity index (χ4v) is 4.51. The third-order valence-electron chi connectivity index (χ3n) is 6.35. The van der Waals surface area contributed by atoms with E-state index in [4.69, 9.17) is 4.98 Å². The number of anilines is 3. The summed E-state index contributed by atoms with van der Waals surface area (Å²) in [4.78, 5) is 20.3. The normalized spacial score (nSPS) is 13.3. The molecule has 36 heavy (non-hydrogen) atoms. The Labute approximate surface area is 212 Å². The van der Waals surface area contributed by atoms with Crippen LogP contribution in [0.2, 0.25) is 0 Å². The molecule has 2 N–H and O–H groups in total. The van der Waals surface area contributed by atoms with Gasteiger partial charge in [0.05, 0.1) is 17.6 Å². The Morgan fingerprint density at radius 2 is 1.89 bits per heavy atom. The second-order valence-corrected chi connectivity index (χ2v) is 9.23. The maximum Gasteiger partial charge on any atom is 0.327 e. The van der Waals surface area contributed by atoms with Gasteiger partial charge in [-0.1, -0.05) is 42.8 Å². The molecule has 1 aliphatic heterocycles. The molecule has 7 heteroatoms. The van der Waals surface area contributed by atoms with Crippen LogP contribution in [0.3, 0.4) is 0 Å². The number of carbonyl (C=O) groups excluding carboxylic acids is 1. The van der Waals surface area contributed by atoms with Crippen LogP contribution in [0.5, 0.6) is 0 Å². The monoisotopic (exact) mass is 480 g/mol. The SMILES string of the molecule is CCCn1cc(-c2cccc(NC(=O)N3CCCCNc4ccc(-c5cccc(C)c5)nc43)c2)cn1. The van der Waals surface area contributed by atoms with Crippen LogP contribution in [0, 0.1) is 6.92 Å². The van der Waals surface area contributed by atoms with E-state index in [2.05, 4.69) is 47.8 Å². The molecule has 2 aromatic carbocycles. The van der Waals surface area contributed by atoms with Gasteiger partial charge in [-0.3, -0.25) is 9.58 Å². The van der Waals surface area contributed by atoms with Gasteiger partial charge in [0.2, 0.25) is 0 Å². The number of benzene rings is 2. The predicted molar refractivity (Wildman–Crippen MR) is 146 cm³/mol. The van der Waals surface area contributed by atoms with Crippen LogP contribution in [0.15, 0.2) is 73.1 Å². The number of amides is 2. The average molecular weight is 481 g/mol. The Morgan fingerprint density at radius 1 is 1.03 bits per heavy atom. The standard InChI is InChI=1S/C29H32N6O/c1-3-15-34-20-24(19-31-34)22-9-7-11-25(18-22)32-29(36)35-16-5-4-14-30-27-13-12-26(33-28(27)35)23-10-6-8-21(2)17-23/h6-13,17-20,30H,3-5,14-16H2,1-2H3,(H,32,36). The summed E-state index contributed by atoms with van der Waals surface area (Å²) in [5.74, 6) is 0.656. The number of urea groups is 1. The number of pyridine rings is 1. The van der Waals surface area contributed by atoms with Crippen molar-refractivity contribution in [2.45, 2.75) is 39.7 Å². The minimum Gasteiger partial charge on any atom is -0.382 e. The van der Waals surface area contributed by atoms with Crippen molar-refractivity contribution in [3.63, 3.8) is 0 Å². The van der Waals surface area contributed by atoms with Gasteiger partial charge in [-0.15, -0.1) is 0 Å². The Bertz CT molecular complexity index is 1360. The number of hydrogen-bond acceptors (Lipinski definition) is 4. The zero-order valence-electron chi connectivity index (χ0n) is 20.9. The molecule has 0 bridgehead atoms. The molecule has 0 spiro atoms. The van der Waals surface area contributed by atoms with Crippen LogP contribution in [-0.4, -0.2) is 33.9 Å². The molecule has 1 aliphatic rings. The van der Waals surface area contributed by atoms with Crippen LogP contribution in [0.4, 0.5) is 22.0 Å². The Kier molecular flexibility index (Phi) is 6.98. The van der Waals surface area contributed by atoms with Crippen molar-refractivity contribution in [2.75, 3.05) is 28.6 Å². The van der Waals surface area contributed by atoms with E-state index in [1.54, 1.807) is 4.90 Å². The Morgan fingerprint density at radius 3 is 2.75 bits per heavy atom. The smallest absolute Gasteiger partial charge is 0.327 e. The molecule has 0 saturated heterocycles. The second-order valence-electron chi connectivity index (χ2n) is 9.23. The molecule has 184 valence electrons. The summed E-state index contributed by atoms with van der Waals surface area (Å²) < 4.78 is 1.95. The molecule has 0 aliphatic carbocycles. The first-order valence-electron chi connectivity index (χ1n) is 12.6. The number of carbonyl (C=O) groups is 1. The van der Waals surface area contributed by atoms with Gasteiger partial charge in [-0.2, -0.15) is 5.10 Å². The van der Waals surface area contributed by atoms with Crippen molar-refractivity contribution >= 4 is 23.2 Å². The summed E-state index contributed by atoms with van der Waals surface area (Å²) in [5, 5.41) is 11.0. The number of hydrogen-bond donors (Lipinski definition) is 2. The highest BCUT2D eigenvalue weighted by Crippen LogP contribution is 2.31. The number of aryl methyl sites for hydroxylation is 2. The van der Waals surface area contributed by atoms with Crippen molar-refractivity contribution in [2.24, 2.45) is 0 Å². The molecule has 0 saturated carbocycles. The van der Waals surface area contributed by atoms with E-state index < -0.39 is 0 Å². The van der Waals surface area contributed by atoms with Gasteiger partial charge in [0.1, 0.15) is 0 Å². The lowest BCUT2D eigenvalue weighted by molar-refractivity contribution is 0.256. The van der Waals surface area contributed by atoms with Crippen molar-refractivity contribution in [3.8, 4) is 22.4 Å². The molecule has 0 unspecified atom stereocenters. The highest BCUT2D eigenvalue weighted by molar-refractivity contribution is 6.03. The van der Waals surface area contributed by atoms with Crippen molar-refractivity contribution < 1.29 is 4.79 Å². The van der Waals surface area contributed by atoms with Crippen LogP contribution >= 0.6 is 0 Å². The number of fused-ring (bicyclic) bond motifs is 1. The van der Waals surface area contributed by atoms with Crippen molar-refractivity contribution in [1.29, 1.82) is 0 Å². The third-order valence-corrected chi connectivity index (χ3v) is 6.35. The van der Waals surface area contributed by atoms with Gasteiger partial charge >= 0.3 is 6.03 Å². The summed E-state index contributed by atoms with van der Waals surface area (Å²) in [6.45, 7) is 6.56. The summed E-state index contributed by atoms with van der Waals surface area (Å²) >= 11 is 0. The topological polar surface area (TPSA) is 75.1 Å². The highest BCUT2D eigenvalue weighted by atomic mass is 16.2. The molecule has 5 rings (SSSR count). The van der Waals surface area contributed by atoms with E-state index in [1.807, 2.05) is 59.5 Å². The minimum absolute atomic E-state index is 0.187. The summed E-state index contributed by atoms with van der Waals surface area (Å²) in [6, 6.07) is 20.0. The van der Waals surface area contributed by atoms with Crippen LogP contribution in [0.25, 0.3) is 22.4 Å². The lowest BCUT2D eigenvalue weighted by atomic mass is 10.1. The van der Waals surface area contributed by atoms with Crippen molar-refractivity contribution in [3.05, 3.63) is 78.6 Å². The fraction of sp³-hybridized carbons (Fsp3) is 0.276. The molecule has 7 nitrogen and oxygen atoms in total. The van der Waals surface area contributed by atoms with E-state index in [0.29, 0.717) is 12.4 Å². The van der Waals surface area contributed by atoms with Crippen LogP contribution < -0.4 is 15.5 Å². The lowest BCUT2D eigenvalue weighted by Gasteiger charge is -2.27. The molecule has 0 radical (unpaired) electrons. The maximum absolute atomic E-state index is 13.6. The second kappa shape index (κ2) is 10.6. The van der Waals surface area contributed by atoms with Gasteiger partial charge in [-0.25, -0.2) is 9.78 Å². The summed E-state index contributed by atoms with van der Waals surface area (Å²) in [7, 11) is 0. The molecular formula is C29H32N6O. The molecule has 3 heterocycles. The molecule has 4 aromatic rings. The molecule has 0 atom stereocenters. The first-order valence-corrected chi connectivity index (χ1v) is 12.6. The van der Waals surface area contributed by atoms with Crippen LogP contribution in [0.1, 0.15) is 31.7 Å². The molecule has 2 amide bonds. The van der Waals surface area contributed by atoms with Gasteiger partial charge in [0.15, 0.2) is 5.82 Å². The predicted octanol–water partition coefficient (Wildman–Crippen LogP) is 6.57. The van der Waals surface area contributed by atoms with E-state index in [9.17, 15) is 4.79 Å². The van der Waals surface area contributed by atoms with E-state index in [0.717, 1.165) is 66.1 Å². The van der Waals surface area contributed by atoms with Crippen molar-refractivity contribution in [1.82, 2.24) is 14.8 Å². The van der Waals surface area contributed by atoms with Crippen LogP contribution in [-0.2, 0) is 6.54 Å². The van der Waals surface area contributed by atoms with Gasteiger partial charge in [0.25, 0.3) is 0 Å². The lowest BCUT2D eigenvalue weighted by Crippen LogP contribution is -2.38. The number of nitrogens with one attached hydrogen (secondary N) is 2. The first kappa shape index (κ1) is 23.6. The number of aromatic nitrogens is 3. The first-order chi connectivity index (χ1) is 17.6. The minimum atomic E-state index is -0.187. The maximum atomic E-state index is 13.6. The third kappa shape index (κ3) is 5.25. The quantitative estimate of drug-likeness (QED) is 0.339. The zero-order chi connectivity index (χ0) is 24.9. The van der Waals surface area contributed by atoms with E-state index >= 15 is 0 Å². The molecule has 0 fully saturated rings. The molecule has 2 aromatic heterocycles. The zero-order valence-corrected chi connectivity index (χ0v) is 20.9. The highest BCUT2D eigenvalue weighted by Gasteiger charge is 2.23. The van der Waals surface area contributed by atoms with Gasteiger partial charge in [-0.05, 0) is 62.1 Å². The van der Waals surface area contributed by atoms with E-state index in [-0.39, 0.29) is 6.03 Å². The molecular weight excluding hydrogens is 448 g/mol. The Balaban J connectivity index is 1.42. The largest absolute Gasteiger partial charge is 0.382 e. The number of rotatable bonds is 5. The number of nitrogens with zero attached hydrogens (tertiary/aromatic N) is 4.